The van der Waals surface area contributed by atoms with Crippen LogP contribution in [0.3, 0.4) is 0 Å². The molecule has 0 aliphatic carbocycles. The van der Waals surface area contributed by atoms with Crippen molar-refractivity contribution in [3.8, 4) is 5.75 Å². The van der Waals surface area contributed by atoms with E-state index in [1.54, 1.807) is 29.2 Å². The zero-order chi connectivity index (χ0) is 21.7. The molecule has 3 rings (SSSR count). The smallest absolute Gasteiger partial charge is 0.258 e. The number of ether oxygens (including phenoxy) is 1. The van der Waals surface area contributed by atoms with Gasteiger partial charge in [-0.2, -0.15) is 0 Å². The maximum Gasteiger partial charge on any atom is 0.258 e. The minimum atomic E-state index is -0.835. The number of amides is 2. The van der Waals surface area contributed by atoms with Gasteiger partial charge in [0.1, 0.15) is 11.8 Å². The lowest BCUT2D eigenvalue weighted by molar-refractivity contribution is -0.428. The van der Waals surface area contributed by atoms with E-state index in [9.17, 15) is 14.5 Å². The molecule has 1 aliphatic heterocycles. The lowest BCUT2D eigenvalue weighted by Crippen LogP contribution is -2.43. The fourth-order valence-corrected chi connectivity index (χ4v) is 3.60. The van der Waals surface area contributed by atoms with Crippen LogP contribution >= 0.6 is 0 Å². The molecule has 1 atom stereocenters. The summed E-state index contributed by atoms with van der Waals surface area (Å²) in [5.74, 6) is 0.0202. The van der Waals surface area contributed by atoms with Crippen molar-refractivity contribution in [2.45, 2.75) is 39.2 Å². The normalized spacial score (nSPS) is 15.4. The molecule has 2 aromatic carbocycles. The number of benzene rings is 2. The van der Waals surface area contributed by atoms with Crippen molar-refractivity contribution in [3.63, 3.8) is 0 Å². The first-order chi connectivity index (χ1) is 14.4. The first-order valence-corrected chi connectivity index (χ1v) is 10.3. The SMILES string of the molecule is CCCCCN(C(=O)C1NC(=O)COc2c(C)cccc21)c1ccc([N+](C)=O)cc1. The van der Waals surface area contributed by atoms with Crippen molar-refractivity contribution in [1.82, 2.24) is 5.32 Å². The molecule has 0 spiro atoms. The Morgan fingerprint density at radius 2 is 1.93 bits per heavy atom. The summed E-state index contributed by atoms with van der Waals surface area (Å²) in [6.45, 7) is 4.40. The van der Waals surface area contributed by atoms with Crippen molar-refractivity contribution in [3.05, 3.63) is 58.5 Å². The van der Waals surface area contributed by atoms with Crippen LogP contribution in [0.1, 0.15) is 43.4 Å². The number of unbranched alkanes of at least 4 members (excludes halogenated alkanes) is 2. The van der Waals surface area contributed by atoms with Crippen LogP contribution in [0, 0.1) is 11.8 Å². The minimum absolute atomic E-state index is 0.123. The van der Waals surface area contributed by atoms with Gasteiger partial charge < -0.3 is 15.0 Å². The highest BCUT2D eigenvalue weighted by Gasteiger charge is 2.33. The van der Waals surface area contributed by atoms with Crippen LogP contribution in [0.5, 0.6) is 5.75 Å². The van der Waals surface area contributed by atoms with Gasteiger partial charge in [-0.3, -0.25) is 9.59 Å². The number of carbonyl (C=O) groups excluding carboxylic acids is 2. The Morgan fingerprint density at radius 3 is 2.60 bits per heavy atom. The number of aryl methyl sites for hydroxylation is 1. The van der Waals surface area contributed by atoms with Gasteiger partial charge >= 0.3 is 0 Å². The Hall–Kier alpha value is -3.22. The third kappa shape index (κ3) is 4.67. The molecule has 158 valence electrons. The van der Waals surface area contributed by atoms with E-state index in [0.29, 0.717) is 29.2 Å². The highest BCUT2D eigenvalue weighted by atomic mass is 16.5. The van der Waals surface area contributed by atoms with E-state index in [-0.39, 0.29) is 18.4 Å². The van der Waals surface area contributed by atoms with Crippen LogP contribution < -0.4 is 15.0 Å². The fraction of sp³-hybridized carbons (Fsp3) is 0.391. The molecule has 0 fully saturated rings. The summed E-state index contributed by atoms with van der Waals surface area (Å²) >= 11 is 0. The maximum atomic E-state index is 13.7. The molecule has 1 aliphatic rings. The third-order valence-corrected chi connectivity index (χ3v) is 5.23. The van der Waals surface area contributed by atoms with Gasteiger partial charge in [-0.1, -0.05) is 38.0 Å². The van der Waals surface area contributed by atoms with Crippen molar-refractivity contribution in [1.29, 1.82) is 0 Å². The molecule has 0 saturated heterocycles. The number of fused-ring (bicyclic) bond motifs is 1. The van der Waals surface area contributed by atoms with E-state index in [0.717, 1.165) is 29.6 Å². The van der Waals surface area contributed by atoms with Crippen molar-refractivity contribution in [2.75, 3.05) is 25.1 Å². The van der Waals surface area contributed by atoms with Crippen LogP contribution in [0.2, 0.25) is 0 Å². The van der Waals surface area contributed by atoms with Gasteiger partial charge in [0.25, 0.3) is 17.5 Å². The van der Waals surface area contributed by atoms with Gasteiger partial charge in [0, 0.05) is 39.6 Å². The summed E-state index contributed by atoms with van der Waals surface area (Å²) < 4.78 is 6.45. The topological polar surface area (TPSA) is 78.7 Å². The lowest BCUT2D eigenvalue weighted by Gasteiger charge is -2.28. The third-order valence-electron chi connectivity index (χ3n) is 5.23. The molecule has 1 heterocycles. The number of rotatable bonds is 7. The molecule has 0 bridgehead atoms. The predicted molar refractivity (Wildman–Crippen MR) is 115 cm³/mol. The van der Waals surface area contributed by atoms with Crippen LogP contribution in [-0.4, -0.2) is 36.8 Å². The maximum absolute atomic E-state index is 13.7. The second kappa shape index (κ2) is 9.52. The minimum Gasteiger partial charge on any atom is -0.483 e. The Balaban J connectivity index is 1.98. The van der Waals surface area contributed by atoms with Crippen molar-refractivity contribution in [2.24, 2.45) is 0 Å². The van der Waals surface area contributed by atoms with E-state index in [2.05, 4.69) is 12.2 Å². The van der Waals surface area contributed by atoms with Crippen LogP contribution in [-0.2, 0) is 9.59 Å². The van der Waals surface area contributed by atoms with Crippen LogP contribution in [0.25, 0.3) is 0 Å². The molecule has 0 saturated carbocycles. The monoisotopic (exact) mass is 410 g/mol. The zero-order valence-electron chi connectivity index (χ0n) is 17.7. The average molecular weight is 410 g/mol. The molecule has 0 aromatic heterocycles. The Bertz CT molecular complexity index is 940. The fourth-order valence-electron chi connectivity index (χ4n) is 3.60. The lowest BCUT2D eigenvalue weighted by atomic mass is 10.0. The van der Waals surface area contributed by atoms with Gasteiger partial charge in [0.05, 0.1) is 0 Å². The number of para-hydroxylation sites is 1. The van der Waals surface area contributed by atoms with Gasteiger partial charge in [-0.05, 0) is 31.0 Å². The van der Waals surface area contributed by atoms with Crippen molar-refractivity contribution < 1.29 is 19.1 Å². The van der Waals surface area contributed by atoms with E-state index in [4.69, 9.17) is 4.74 Å². The molecule has 0 radical (unpaired) electrons. The average Bonchev–Trinajstić information content (AvgIpc) is 2.91. The first-order valence-electron chi connectivity index (χ1n) is 10.3. The second-order valence-corrected chi connectivity index (χ2v) is 7.49. The molecule has 2 aromatic rings. The first kappa shape index (κ1) is 21.5. The molecular weight excluding hydrogens is 382 g/mol. The second-order valence-electron chi connectivity index (χ2n) is 7.49. The van der Waals surface area contributed by atoms with Crippen LogP contribution in [0.4, 0.5) is 11.4 Å². The number of hydrogen-bond donors (Lipinski definition) is 1. The summed E-state index contributed by atoms with van der Waals surface area (Å²) in [6, 6.07) is 11.6. The van der Waals surface area contributed by atoms with E-state index in [1.165, 1.54) is 7.05 Å². The van der Waals surface area contributed by atoms with Gasteiger partial charge in [0.2, 0.25) is 0 Å². The predicted octanol–water partition coefficient (Wildman–Crippen LogP) is 3.81. The van der Waals surface area contributed by atoms with E-state index < -0.39 is 6.04 Å². The van der Waals surface area contributed by atoms with Gasteiger partial charge in [-0.15, -0.1) is 0 Å². The standard InChI is InChI=1S/C23H27N3O4/c1-4-5-6-14-26(18-12-10-17(11-13-18)25(3)29)23(28)21-19-9-7-8-16(2)22(19)30-15-20(27)24-21/h7-13,21H,4-6,14-15H2,1-3H3/p+1. The van der Waals surface area contributed by atoms with Crippen molar-refractivity contribution >= 4 is 23.2 Å². The number of nitrogens with one attached hydrogen (secondary N) is 1. The Kier molecular flexibility index (Phi) is 6.82. The highest BCUT2D eigenvalue weighted by Crippen LogP contribution is 2.33. The Labute approximate surface area is 176 Å². The van der Waals surface area contributed by atoms with E-state index >= 15 is 0 Å². The highest BCUT2D eigenvalue weighted by molar-refractivity contribution is 6.00. The number of nitroso groups, excluding NO2 is 1. The molecule has 7 nitrogen and oxygen atoms in total. The molecule has 30 heavy (non-hydrogen) atoms. The van der Waals surface area contributed by atoms with Gasteiger partial charge in [0.15, 0.2) is 13.7 Å². The zero-order valence-corrected chi connectivity index (χ0v) is 17.7. The van der Waals surface area contributed by atoms with Gasteiger partial charge in [-0.25, -0.2) is 0 Å². The summed E-state index contributed by atoms with van der Waals surface area (Å²) in [5, 5.41) is 2.82. The summed E-state index contributed by atoms with van der Waals surface area (Å²) in [4.78, 5) is 39.2. The van der Waals surface area contributed by atoms with E-state index in [1.807, 2.05) is 25.1 Å². The molecule has 1 unspecified atom stereocenters. The Morgan fingerprint density at radius 1 is 1.20 bits per heavy atom. The molecule has 7 heteroatoms. The largest absolute Gasteiger partial charge is 0.483 e. The number of hydrogen-bond acceptors (Lipinski definition) is 4. The summed E-state index contributed by atoms with van der Waals surface area (Å²) in [7, 11) is 1.43. The number of anilines is 1. The quantitative estimate of drug-likeness (QED) is 0.556. The molecular formula is C23H28N3O4+. The summed E-state index contributed by atoms with van der Waals surface area (Å²) in [6.07, 6.45) is 2.85. The summed E-state index contributed by atoms with van der Waals surface area (Å²) in [5.41, 5.74) is 2.73. The molecule has 2 amide bonds. The van der Waals surface area contributed by atoms with Crippen LogP contribution in [0.15, 0.2) is 42.5 Å². The number of carbonyl (C=O) groups is 2. The number of nitrogens with zero attached hydrogens (tertiary/aromatic N) is 2. The molecule has 1 N–H and O–H groups in total.